The van der Waals surface area contributed by atoms with Crippen molar-refractivity contribution in [3.05, 3.63) is 41.5 Å². The number of aliphatic hydroxyl groups excluding tert-OH is 1. The van der Waals surface area contributed by atoms with E-state index in [1.807, 2.05) is 52.0 Å². The summed E-state index contributed by atoms with van der Waals surface area (Å²) >= 11 is 0. The van der Waals surface area contributed by atoms with Crippen LogP contribution in [0.1, 0.15) is 51.2 Å². The quantitative estimate of drug-likeness (QED) is 0.756. The van der Waals surface area contributed by atoms with Crippen LogP contribution in [0.4, 0.5) is 4.79 Å². The molecular weight excluding hydrogens is 354 g/mol. The number of nitrogens with one attached hydrogen (secondary N) is 1. The Morgan fingerprint density at radius 1 is 1.25 bits per heavy atom. The number of carbonyl (C=O) groups excluding carboxylic acids is 2. The second-order valence-electron chi connectivity index (χ2n) is 7.65. The fourth-order valence-electron chi connectivity index (χ4n) is 3.89. The van der Waals surface area contributed by atoms with E-state index >= 15 is 0 Å². The zero-order valence-corrected chi connectivity index (χ0v) is 17.6. The first-order valence-electron chi connectivity index (χ1n) is 10.00. The second-order valence-corrected chi connectivity index (χ2v) is 7.65. The molecule has 0 aromatic heterocycles. The third-order valence-corrected chi connectivity index (χ3v) is 5.22. The van der Waals surface area contributed by atoms with Gasteiger partial charge < -0.3 is 20.2 Å². The zero-order valence-electron chi connectivity index (χ0n) is 17.6. The molecule has 2 N–H and O–H groups in total. The molecule has 1 aromatic carbocycles. The van der Waals surface area contributed by atoms with Crippen molar-refractivity contribution in [3.63, 3.8) is 0 Å². The molecule has 0 bridgehead atoms. The van der Waals surface area contributed by atoms with E-state index in [0.717, 1.165) is 11.1 Å². The van der Waals surface area contributed by atoms with Gasteiger partial charge >= 0.3 is 6.03 Å². The summed E-state index contributed by atoms with van der Waals surface area (Å²) in [6.07, 6.45) is 4.39. The van der Waals surface area contributed by atoms with Crippen LogP contribution in [0.25, 0.3) is 6.08 Å². The maximum atomic E-state index is 12.5. The van der Waals surface area contributed by atoms with E-state index in [2.05, 4.69) is 17.4 Å². The molecule has 28 heavy (non-hydrogen) atoms. The van der Waals surface area contributed by atoms with Gasteiger partial charge in [0.2, 0.25) is 5.91 Å². The van der Waals surface area contributed by atoms with Gasteiger partial charge in [0, 0.05) is 32.0 Å². The molecule has 1 saturated heterocycles. The minimum atomic E-state index is -0.258. The number of nitrogens with zero attached hydrogens (tertiary/aromatic N) is 2. The first-order chi connectivity index (χ1) is 13.3. The average molecular weight is 388 g/mol. The number of benzene rings is 1. The molecule has 0 spiro atoms. The molecule has 0 saturated carbocycles. The van der Waals surface area contributed by atoms with Gasteiger partial charge in [0.25, 0.3) is 0 Å². The molecule has 1 fully saturated rings. The van der Waals surface area contributed by atoms with Crippen molar-refractivity contribution in [1.82, 2.24) is 15.1 Å². The molecule has 1 aliphatic rings. The molecule has 3 amide bonds. The molecule has 0 unspecified atom stereocenters. The molecule has 1 aromatic rings. The lowest BCUT2D eigenvalue weighted by atomic mass is 9.74. The van der Waals surface area contributed by atoms with Gasteiger partial charge in [-0.05, 0) is 31.9 Å². The Hall–Kier alpha value is -2.34. The van der Waals surface area contributed by atoms with E-state index in [1.165, 1.54) is 0 Å². The smallest absolute Gasteiger partial charge is 0.317 e. The summed E-state index contributed by atoms with van der Waals surface area (Å²) in [5, 5.41) is 12.8. The van der Waals surface area contributed by atoms with Crippen molar-refractivity contribution in [2.24, 2.45) is 0 Å². The van der Waals surface area contributed by atoms with Crippen LogP contribution in [0.15, 0.2) is 30.3 Å². The van der Waals surface area contributed by atoms with Crippen molar-refractivity contribution in [3.8, 4) is 0 Å². The number of aliphatic hydroxyl groups is 1. The van der Waals surface area contributed by atoms with Crippen LogP contribution in [0, 0.1) is 0 Å². The number of hydrogen-bond donors (Lipinski definition) is 2. The van der Waals surface area contributed by atoms with Crippen LogP contribution in [-0.2, 0) is 4.79 Å². The highest BCUT2D eigenvalue weighted by atomic mass is 16.3. The van der Waals surface area contributed by atoms with Crippen molar-refractivity contribution >= 4 is 18.0 Å². The third-order valence-electron chi connectivity index (χ3n) is 5.22. The van der Waals surface area contributed by atoms with Gasteiger partial charge in [-0.25, -0.2) is 4.79 Å². The Kier molecular flexibility index (Phi) is 7.63. The molecule has 2 rings (SSSR count). The average Bonchev–Trinajstić information content (AvgIpc) is 2.65. The topological polar surface area (TPSA) is 72.9 Å². The lowest BCUT2D eigenvalue weighted by molar-refractivity contribution is -0.151. The number of rotatable bonds is 7. The number of likely N-dealkylation sites (N-methyl/N-ethyl adjacent to an activating group) is 1. The minimum absolute atomic E-state index is 0.00324. The van der Waals surface area contributed by atoms with Crippen LogP contribution in [0.3, 0.4) is 0 Å². The fourth-order valence-corrected chi connectivity index (χ4v) is 3.89. The standard InChI is InChI=1S/C22H33N3O3/c1-6-8-16-9-11-17(12-10-16)21-18(13-24(5)22(28)23-15(3)4)25(19(21)14-26)20(27)7-2/h6,8-12,15,18-19,21,26H,7,13-14H2,1-5H3,(H,23,28)/b8-6+/t18-,19+,21+/m0/s1. The molecule has 0 radical (unpaired) electrons. The number of urea groups is 1. The monoisotopic (exact) mass is 387 g/mol. The lowest BCUT2D eigenvalue weighted by Crippen LogP contribution is -2.68. The Labute approximate surface area is 168 Å². The highest BCUT2D eigenvalue weighted by Crippen LogP contribution is 2.41. The van der Waals surface area contributed by atoms with Gasteiger partial charge in [-0.15, -0.1) is 0 Å². The van der Waals surface area contributed by atoms with E-state index < -0.39 is 0 Å². The second kappa shape index (κ2) is 9.73. The van der Waals surface area contributed by atoms with Gasteiger partial charge in [0.15, 0.2) is 0 Å². The van der Waals surface area contributed by atoms with Gasteiger partial charge in [-0.3, -0.25) is 4.79 Å². The summed E-state index contributed by atoms with van der Waals surface area (Å²) in [6.45, 7) is 7.96. The summed E-state index contributed by atoms with van der Waals surface area (Å²) in [7, 11) is 1.74. The Morgan fingerprint density at radius 3 is 2.39 bits per heavy atom. The summed E-state index contributed by atoms with van der Waals surface area (Å²) < 4.78 is 0. The van der Waals surface area contributed by atoms with Crippen LogP contribution >= 0.6 is 0 Å². The van der Waals surface area contributed by atoms with Crippen molar-refractivity contribution < 1.29 is 14.7 Å². The van der Waals surface area contributed by atoms with E-state index in [1.54, 1.807) is 16.8 Å². The molecule has 154 valence electrons. The van der Waals surface area contributed by atoms with E-state index in [4.69, 9.17) is 0 Å². The Balaban J connectivity index is 2.26. The SMILES string of the molecule is C/C=C/c1ccc([C@H]2[C@@H](CO)N(C(=O)CC)[C@H]2CN(C)C(=O)NC(C)C)cc1. The van der Waals surface area contributed by atoms with Crippen LogP contribution in [0.2, 0.25) is 0 Å². The van der Waals surface area contributed by atoms with Crippen molar-refractivity contribution in [1.29, 1.82) is 0 Å². The van der Waals surface area contributed by atoms with Crippen LogP contribution in [0.5, 0.6) is 0 Å². The fraction of sp³-hybridized carbons (Fsp3) is 0.545. The summed E-state index contributed by atoms with van der Waals surface area (Å²) in [4.78, 5) is 28.2. The highest BCUT2D eigenvalue weighted by Gasteiger charge is 2.51. The van der Waals surface area contributed by atoms with Crippen molar-refractivity contribution in [2.75, 3.05) is 20.2 Å². The Bertz CT molecular complexity index is 699. The number of hydrogen-bond acceptors (Lipinski definition) is 3. The molecule has 6 nitrogen and oxygen atoms in total. The predicted molar refractivity (Wildman–Crippen MR) is 112 cm³/mol. The lowest BCUT2D eigenvalue weighted by Gasteiger charge is -2.55. The highest BCUT2D eigenvalue weighted by molar-refractivity contribution is 5.79. The first kappa shape index (κ1) is 22.0. The predicted octanol–water partition coefficient (Wildman–Crippen LogP) is 2.83. The van der Waals surface area contributed by atoms with Crippen LogP contribution < -0.4 is 5.32 Å². The summed E-state index contributed by atoms with van der Waals surface area (Å²) in [5.74, 6) is -0.00189. The van der Waals surface area contributed by atoms with Gasteiger partial charge in [0.1, 0.15) is 0 Å². The number of carbonyl (C=O) groups is 2. The largest absolute Gasteiger partial charge is 0.394 e. The summed E-state index contributed by atoms with van der Waals surface area (Å²) in [6, 6.07) is 7.67. The van der Waals surface area contributed by atoms with Crippen molar-refractivity contribution in [2.45, 2.75) is 58.2 Å². The maximum absolute atomic E-state index is 12.5. The maximum Gasteiger partial charge on any atom is 0.317 e. The van der Waals surface area contributed by atoms with E-state index in [0.29, 0.717) is 13.0 Å². The summed E-state index contributed by atoms with van der Waals surface area (Å²) in [5.41, 5.74) is 2.19. The minimum Gasteiger partial charge on any atom is -0.394 e. The molecular formula is C22H33N3O3. The number of amides is 3. The van der Waals surface area contributed by atoms with Gasteiger partial charge in [-0.1, -0.05) is 43.3 Å². The zero-order chi connectivity index (χ0) is 20.8. The molecule has 6 heteroatoms. The molecule has 3 atom stereocenters. The molecule has 1 heterocycles. The van der Waals surface area contributed by atoms with Gasteiger partial charge in [-0.2, -0.15) is 0 Å². The molecule has 1 aliphatic heterocycles. The first-order valence-corrected chi connectivity index (χ1v) is 10.00. The van der Waals surface area contributed by atoms with E-state index in [9.17, 15) is 14.7 Å². The number of allylic oxidation sites excluding steroid dienone is 1. The van der Waals surface area contributed by atoms with Crippen LogP contribution in [-0.4, -0.2) is 65.2 Å². The number of likely N-dealkylation sites (tertiary alicyclic amines) is 1. The van der Waals surface area contributed by atoms with Gasteiger partial charge in [0.05, 0.1) is 18.7 Å². The molecule has 0 aliphatic carbocycles. The normalized spacial score (nSPS) is 21.7. The van der Waals surface area contributed by atoms with E-state index in [-0.39, 0.29) is 42.6 Å². The third kappa shape index (κ3) is 4.73. The Morgan fingerprint density at radius 2 is 1.89 bits per heavy atom.